The van der Waals surface area contributed by atoms with Crippen LogP contribution in [0.2, 0.25) is 0 Å². The Morgan fingerprint density at radius 2 is 0.541 bits per heavy atom. The largest absolute Gasteiger partial charge is 0.530 e. The van der Waals surface area contributed by atoms with Crippen LogP contribution in [0, 0.1) is 27.7 Å². The molecule has 0 aliphatic heterocycles. The molecule has 6 nitrogen and oxygen atoms in total. The van der Waals surface area contributed by atoms with Gasteiger partial charge in [0.05, 0.1) is 10.8 Å². The maximum atomic E-state index is 7.00. The van der Waals surface area contributed by atoms with Crippen molar-refractivity contribution in [1.82, 2.24) is 0 Å². The van der Waals surface area contributed by atoms with E-state index in [1.165, 1.54) is 55.6 Å². The molecule has 0 atom stereocenters. The van der Waals surface area contributed by atoms with Crippen molar-refractivity contribution in [3.05, 3.63) is 285 Å². The molecule has 0 heterocycles. The third kappa shape index (κ3) is 6.58. The first-order valence-corrected chi connectivity index (χ1v) is 27.2. The van der Waals surface area contributed by atoms with E-state index < -0.39 is 28.0 Å². The molecule has 0 N–H and O–H groups in total. The number of aryl methyl sites for hydroxylation is 4. The van der Waals surface area contributed by atoms with Crippen LogP contribution < -0.4 is 27.1 Å². The molecule has 0 saturated carbocycles. The summed E-state index contributed by atoms with van der Waals surface area (Å²) in [5, 5.41) is 0. The molecule has 0 bridgehead atoms. The number of hydrogen-bond donors (Lipinski definition) is 0. The summed E-state index contributed by atoms with van der Waals surface area (Å²) >= 11 is 0. The van der Waals surface area contributed by atoms with Gasteiger partial charge in [0.15, 0.2) is 0 Å². The molecule has 10 aromatic rings. The van der Waals surface area contributed by atoms with Gasteiger partial charge in [0.25, 0.3) is 0 Å². The number of benzene rings is 10. The van der Waals surface area contributed by atoms with E-state index in [1.807, 2.05) is 137 Å². The van der Waals surface area contributed by atoms with Gasteiger partial charge in [-0.1, -0.05) is 170 Å². The van der Waals surface area contributed by atoms with Crippen LogP contribution in [0.25, 0.3) is 33.4 Å². The lowest BCUT2D eigenvalue weighted by atomic mass is 9.65. The Balaban J connectivity index is 0.960. The van der Waals surface area contributed by atoms with Crippen molar-refractivity contribution in [3.63, 3.8) is 0 Å². The van der Waals surface area contributed by atoms with Crippen LogP contribution in [0.15, 0.2) is 218 Å². The number of fused-ring (bicyclic) bond motifs is 14. The van der Waals surface area contributed by atoms with Crippen LogP contribution in [0.5, 0.6) is 34.5 Å². The summed E-state index contributed by atoms with van der Waals surface area (Å²) in [6, 6.07) is 76.8. The van der Waals surface area contributed by atoms with Crippen molar-refractivity contribution in [2.45, 2.75) is 38.5 Å². The van der Waals surface area contributed by atoms with Crippen molar-refractivity contribution in [2.75, 3.05) is 0 Å². The van der Waals surface area contributed by atoms with E-state index in [0.717, 1.165) is 44.5 Å². The van der Waals surface area contributed by atoms with Gasteiger partial charge in [0.2, 0.25) is 0 Å². The molecule has 74 heavy (non-hydrogen) atoms. The van der Waals surface area contributed by atoms with Gasteiger partial charge < -0.3 is 27.1 Å². The minimum absolute atomic E-state index is 0.489. The summed E-state index contributed by atoms with van der Waals surface area (Å²) in [7, 11) is -3.96. The average Bonchev–Trinajstić information content (AvgIpc) is 4.14. The monoisotopic (exact) mass is 998 g/mol. The molecular formula is C66H48O6P2. The van der Waals surface area contributed by atoms with E-state index in [1.54, 1.807) is 0 Å². The molecule has 0 fully saturated rings. The van der Waals surface area contributed by atoms with Crippen LogP contribution in [-0.2, 0) is 10.8 Å². The fraction of sp³-hybridized carbons (Fsp3) is 0.0909. The van der Waals surface area contributed by atoms with Crippen LogP contribution in [-0.4, -0.2) is 0 Å². The van der Waals surface area contributed by atoms with E-state index in [9.17, 15) is 0 Å². The fourth-order valence-corrected chi connectivity index (χ4v) is 14.5. The van der Waals surface area contributed by atoms with Crippen LogP contribution >= 0.6 is 17.2 Å². The zero-order chi connectivity index (χ0) is 49.7. The standard InChI is InChI=1S/C66H48O6P2/c1-41-19-5-13-31-59(41)69-73(70-60-32-14-6-20-42(60)2)67-45-35-37-49-50-38-36-46(68-74(71-61-33-15-7-21-43(61)3)72-62-34-16-8-22-44(62)4)40-58(50)66(57(49)39-45)55-29-17-27-53-63(55)64-54(28-18-30-56(64)66)65(53)51-25-11-9-23-47(51)48-24-10-12-26-52(48)65/h5-40H,1-4H3. The summed E-state index contributed by atoms with van der Waals surface area (Å²) in [6.07, 6.45) is 0. The second-order valence-corrected chi connectivity index (χ2v) is 21.5. The lowest BCUT2D eigenvalue weighted by molar-refractivity contribution is 0.385. The number of hydrogen-bond acceptors (Lipinski definition) is 6. The summed E-state index contributed by atoms with van der Waals surface area (Å²) in [4.78, 5) is 0. The Labute approximate surface area is 433 Å². The Morgan fingerprint density at radius 1 is 0.257 bits per heavy atom. The number of para-hydroxylation sites is 4. The van der Waals surface area contributed by atoms with E-state index in [-0.39, 0.29) is 0 Å². The van der Waals surface area contributed by atoms with Crippen molar-refractivity contribution in [2.24, 2.45) is 0 Å². The normalized spacial score (nSPS) is 13.9. The SMILES string of the molecule is Cc1ccccc1OP(Oc1ccc2c(c1)C1(c3cc(OP(Oc4ccccc4C)Oc4ccccc4C)ccc3-2)c2cccc3c2-c2c(cccc21)C31c2ccccc2-c2ccccc21)Oc1ccccc1C. The third-order valence-electron chi connectivity index (χ3n) is 15.5. The predicted octanol–water partition coefficient (Wildman–Crippen LogP) is 17.5. The topological polar surface area (TPSA) is 55.4 Å². The third-order valence-corrected chi connectivity index (χ3v) is 17.6. The Morgan fingerprint density at radius 3 is 0.892 bits per heavy atom. The summed E-state index contributed by atoms with van der Waals surface area (Å²) in [5.41, 5.74) is 19.9. The van der Waals surface area contributed by atoms with Crippen molar-refractivity contribution < 1.29 is 27.1 Å². The highest BCUT2D eigenvalue weighted by atomic mass is 31.2. The highest BCUT2D eigenvalue weighted by Crippen LogP contribution is 2.72. The molecule has 0 saturated heterocycles. The van der Waals surface area contributed by atoms with Crippen molar-refractivity contribution in [1.29, 1.82) is 0 Å². The Bertz CT molecular complexity index is 3570. The number of rotatable bonds is 12. The molecule has 14 rings (SSSR count). The van der Waals surface area contributed by atoms with E-state index in [4.69, 9.17) is 27.1 Å². The molecule has 0 unspecified atom stereocenters. The van der Waals surface area contributed by atoms with Crippen molar-refractivity contribution in [3.8, 4) is 67.9 Å². The highest BCUT2D eigenvalue weighted by Gasteiger charge is 2.60. The van der Waals surface area contributed by atoms with Gasteiger partial charge in [0.1, 0.15) is 34.5 Å². The predicted molar refractivity (Wildman–Crippen MR) is 296 cm³/mol. The molecule has 8 heteroatoms. The fourth-order valence-electron chi connectivity index (χ4n) is 12.2. The van der Waals surface area contributed by atoms with E-state index in [0.29, 0.717) is 34.5 Å². The molecule has 0 radical (unpaired) electrons. The van der Waals surface area contributed by atoms with Gasteiger partial charge >= 0.3 is 17.2 Å². The first-order valence-electron chi connectivity index (χ1n) is 25.0. The lowest BCUT2D eigenvalue weighted by Crippen LogP contribution is -2.30. The maximum absolute atomic E-state index is 7.00. The second kappa shape index (κ2) is 17.2. The highest BCUT2D eigenvalue weighted by molar-refractivity contribution is 7.43. The van der Waals surface area contributed by atoms with E-state index >= 15 is 0 Å². The van der Waals surface area contributed by atoms with Crippen LogP contribution in [0.3, 0.4) is 0 Å². The summed E-state index contributed by atoms with van der Waals surface area (Å²) in [5.74, 6) is 4.08. The van der Waals surface area contributed by atoms with E-state index in [2.05, 4.69) is 109 Å². The zero-order valence-corrected chi connectivity index (χ0v) is 42.9. The first-order chi connectivity index (χ1) is 36.3. The molecule has 358 valence electrons. The minimum Gasteiger partial charge on any atom is -0.408 e. The molecular weight excluding hydrogens is 951 g/mol. The Hall–Kier alpha value is -8.14. The lowest BCUT2D eigenvalue weighted by Gasteiger charge is -2.36. The molecule has 0 aromatic heterocycles. The van der Waals surface area contributed by atoms with Gasteiger partial charge in [-0.15, -0.1) is 0 Å². The summed E-state index contributed by atoms with van der Waals surface area (Å²) in [6.45, 7) is 8.14. The van der Waals surface area contributed by atoms with Crippen LogP contribution in [0.4, 0.5) is 0 Å². The molecule has 10 aromatic carbocycles. The molecule has 2 spiro atoms. The van der Waals surface area contributed by atoms with Gasteiger partial charge in [-0.2, -0.15) is 0 Å². The van der Waals surface area contributed by atoms with Crippen molar-refractivity contribution >= 4 is 17.2 Å². The second-order valence-electron chi connectivity index (χ2n) is 19.5. The first kappa shape index (κ1) is 44.6. The smallest absolute Gasteiger partial charge is 0.408 e. The van der Waals surface area contributed by atoms with Gasteiger partial charge in [0, 0.05) is 0 Å². The quantitative estimate of drug-likeness (QED) is 0.114. The minimum atomic E-state index is -1.98. The molecule has 4 aliphatic rings. The molecule has 4 aliphatic carbocycles. The molecule has 0 amide bonds. The zero-order valence-electron chi connectivity index (χ0n) is 41.1. The average molecular weight is 999 g/mol. The van der Waals surface area contributed by atoms with Gasteiger partial charge in [-0.3, -0.25) is 0 Å². The Kier molecular flexibility index (Phi) is 10.4. The summed E-state index contributed by atoms with van der Waals surface area (Å²) < 4.78 is 40.7. The van der Waals surface area contributed by atoms with Crippen LogP contribution in [0.1, 0.15) is 66.8 Å². The maximum Gasteiger partial charge on any atom is 0.530 e. The van der Waals surface area contributed by atoms with Gasteiger partial charge in [-0.25, -0.2) is 0 Å². The van der Waals surface area contributed by atoms with Gasteiger partial charge in [-0.05, 0) is 176 Å².